The second-order valence-electron chi connectivity index (χ2n) is 4.59. The topological polar surface area (TPSA) is 89.9 Å². The van der Waals surface area contributed by atoms with Gasteiger partial charge >= 0.3 is 12.0 Å². The Morgan fingerprint density at radius 2 is 1.94 bits per heavy atom. The van der Waals surface area contributed by atoms with Crippen molar-refractivity contribution in [3.8, 4) is 0 Å². The molecule has 0 rings (SSSR count). The first-order valence-electron chi connectivity index (χ1n) is 6.28. The number of aliphatic carboxylic acids is 1. The maximum absolute atomic E-state index is 11.8. The molecular weight excluding hydrogens is 236 g/mol. The number of urea groups is 1. The van der Waals surface area contributed by atoms with Crippen LogP contribution in [0.3, 0.4) is 0 Å². The molecule has 6 heteroatoms. The van der Waals surface area contributed by atoms with Crippen molar-refractivity contribution in [3.63, 3.8) is 0 Å². The summed E-state index contributed by atoms with van der Waals surface area (Å²) in [6.45, 7) is 4.05. The Labute approximate surface area is 108 Å². The van der Waals surface area contributed by atoms with Gasteiger partial charge in [-0.05, 0) is 19.8 Å². The van der Waals surface area contributed by atoms with Crippen LogP contribution in [0.25, 0.3) is 0 Å². The molecule has 0 aliphatic carbocycles. The Morgan fingerprint density at radius 1 is 1.33 bits per heavy atom. The van der Waals surface area contributed by atoms with E-state index in [0.717, 1.165) is 6.42 Å². The quantitative estimate of drug-likeness (QED) is 0.608. The van der Waals surface area contributed by atoms with E-state index in [9.17, 15) is 9.59 Å². The summed E-state index contributed by atoms with van der Waals surface area (Å²) in [6.07, 6.45) is 1.44. The minimum absolute atomic E-state index is 0.0657. The lowest BCUT2D eigenvalue weighted by Gasteiger charge is -2.23. The number of carbonyl (C=O) groups excluding carboxylic acids is 1. The Kier molecular flexibility index (Phi) is 8.11. The summed E-state index contributed by atoms with van der Waals surface area (Å²) in [4.78, 5) is 23.9. The Morgan fingerprint density at radius 3 is 2.39 bits per heavy atom. The first-order chi connectivity index (χ1) is 8.36. The van der Waals surface area contributed by atoms with Gasteiger partial charge in [0.2, 0.25) is 0 Å². The lowest BCUT2D eigenvalue weighted by Crippen LogP contribution is -2.44. The van der Waals surface area contributed by atoms with E-state index in [1.807, 2.05) is 6.92 Å². The number of hydrogen-bond acceptors (Lipinski definition) is 3. The highest BCUT2D eigenvalue weighted by Gasteiger charge is 2.17. The van der Waals surface area contributed by atoms with Crippen LogP contribution in [0.5, 0.6) is 0 Å². The third-order valence-corrected chi connectivity index (χ3v) is 2.61. The smallest absolute Gasteiger partial charge is 0.317 e. The minimum atomic E-state index is -0.916. The first-order valence-corrected chi connectivity index (χ1v) is 6.28. The molecule has 3 N–H and O–H groups in total. The number of amides is 2. The van der Waals surface area contributed by atoms with E-state index < -0.39 is 12.1 Å². The molecule has 0 bridgehead atoms. The standard InChI is InChI=1S/C12H24N2O4/c1-4-5-10(8-11(16)17)13-12(18)14(3)7-6-9(2)15/h9-10,15H,4-8H2,1-3H3,(H,13,18)(H,16,17). The zero-order valence-electron chi connectivity index (χ0n) is 11.3. The summed E-state index contributed by atoms with van der Waals surface area (Å²) in [7, 11) is 1.63. The van der Waals surface area contributed by atoms with Gasteiger partial charge in [-0.25, -0.2) is 4.79 Å². The van der Waals surface area contributed by atoms with Crippen LogP contribution in [0.15, 0.2) is 0 Å². The average Bonchev–Trinajstić information content (AvgIpc) is 2.25. The molecule has 0 saturated carbocycles. The monoisotopic (exact) mass is 260 g/mol. The number of hydrogen-bond donors (Lipinski definition) is 3. The third kappa shape index (κ3) is 7.89. The van der Waals surface area contributed by atoms with Gasteiger partial charge in [0, 0.05) is 19.6 Å². The van der Waals surface area contributed by atoms with Gasteiger partial charge in [0.15, 0.2) is 0 Å². The molecule has 6 nitrogen and oxygen atoms in total. The van der Waals surface area contributed by atoms with Crippen LogP contribution in [0.4, 0.5) is 4.79 Å². The maximum atomic E-state index is 11.8. The molecule has 0 aromatic heterocycles. The van der Waals surface area contributed by atoms with Crippen molar-refractivity contribution < 1.29 is 19.8 Å². The van der Waals surface area contributed by atoms with Crippen molar-refractivity contribution >= 4 is 12.0 Å². The van der Waals surface area contributed by atoms with Crippen molar-refractivity contribution in [1.29, 1.82) is 0 Å². The Hall–Kier alpha value is -1.30. The normalized spacial score (nSPS) is 13.8. The molecule has 0 aliphatic rings. The highest BCUT2D eigenvalue weighted by Crippen LogP contribution is 2.03. The number of aliphatic hydroxyl groups is 1. The summed E-state index contributed by atoms with van der Waals surface area (Å²) in [5.74, 6) is -0.916. The number of nitrogens with zero attached hydrogens (tertiary/aromatic N) is 1. The molecule has 0 saturated heterocycles. The predicted molar refractivity (Wildman–Crippen MR) is 68.4 cm³/mol. The predicted octanol–water partition coefficient (Wildman–Crippen LogP) is 1.04. The summed E-state index contributed by atoms with van der Waals surface area (Å²) in [5.41, 5.74) is 0. The van der Waals surface area contributed by atoms with E-state index in [4.69, 9.17) is 10.2 Å². The van der Waals surface area contributed by atoms with E-state index in [-0.39, 0.29) is 18.5 Å². The van der Waals surface area contributed by atoms with Crippen LogP contribution in [-0.2, 0) is 4.79 Å². The fourth-order valence-electron chi connectivity index (χ4n) is 1.55. The molecule has 0 aromatic carbocycles. The lowest BCUT2D eigenvalue weighted by molar-refractivity contribution is -0.137. The van der Waals surface area contributed by atoms with Crippen LogP contribution < -0.4 is 5.32 Å². The molecule has 0 aliphatic heterocycles. The van der Waals surface area contributed by atoms with Crippen LogP contribution in [0.2, 0.25) is 0 Å². The van der Waals surface area contributed by atoms with Gasteiger partial charge < -0.3 is 20.4 Å². The van der Waals surface area contributed by atoms with E-state index in [1.54, 1.807) is 14.0 Å². The van der Waals surface area contributed by atoms with E-state index >= 15 is 0 Å². The molecule has 0 radical (unpaired) electrons. The Balaban J connectivity index is 4.17. The highest BCUT2D eigenvalue weighted by molar-refractivity contribution is 5.75. The van der Waals surface area contributed by atoms with Gasteiger partial charge in [-0.2, -0.15) is 0 Å². The Bertz CT molecular complexity index is 269. The highest BCUT2D eigenvalue weighted by atomic mass is 16.4. The second kappa shape index (κ2) is 8.74. The van der Waals surface area contributed by atoms with Crippen molar-refractivity contribution in [2.75, 3.05) is 13.6 Å². The third-order valence-electron chi connectivity index (χ3n) is 2.61. The number of aliphatic hydroxyl groups excluding tert-OH is 1. The van der Waals surface area contributed by atoms with Crippen LogP contribution in [0.1, 0.15) is 39.5 Å². The molecule has 0 spiro atoms. The molecular formula is C12H24N2O4. The van der Waals surface area contributed by atoms with Gasteiger partial charge in [-0.3, -0.25) is 4.79 Å². The van der Waals surface area contributed by atoms with Crippen LogP contribution in [0, 0.1) is 0 Å². The van der Waals surface area contributed by atoms with Gasteiger partial charge in [-0.15, -0.1) is 0 Å². The summed E-state index contributed by atoms with van der Waals surface area (Å²) < 4.78 is 0. The number of rotatable bonds is 8. The maximum Gasteiger partial charge on any atom is 0.317 e. The minimum Gasteiger partial charge on any atom is -0.481 e. The average molecular weight is 260 g/mol. The number of carboxylic acid groups (broad SMARTS) is 1. The van der Waals surface area contributed by atoms with Crippen LogP contribution >= 0.6 is 0 Å². The SMILES string of the molecule is CCCC(CC(=O)O)NC(=O)N(C)CCC(C)O. The van der Waals surface area contributed by atoms with Crippen molar-refractivity contribution in [1.82, 2.24) is 10.2 Å². The molecule has 2 unspecified atom stereocenters. The fraction of sp³-hybridized carbons (Fsp3) is 0.833. The van der Waals surface area contributed by atoms with Gasteiger partial charge in [0.05, 0.1) is 12.5 Å². The number of carbonyl (C=O) groups is 2. The number of carboxylic acids is 1. The number of nitrogens with one attached hydrogen (secondary N) is 1. The van der Waals surface area contributed by atoms with E-state index in [1.165, 1.54) is 4.90 Å². The van der Waals surface area contributed by atoms with Crippen molar-refractivity contribution in [2.45, 2.75) is 51.7 Å². The molecule has 2 amide bonds. The zero-order chi connectivity index (χ0) is 14.1. The van der Waals surface area contributed by atoms with Crippen molar-refractivity contribution in [2.24, 2.45) is 0 Å². The fourth-order valence-corrected chi connectivity index (χ4v) is 1.55. The zero-order valence-corrected chi connectivity index (χ0v) is 11.3. The lowest BCUT2D eigenvalue weighted by atomic mass is 10.1. The molecule has 0 fully saturated rings. The summed E-state index contributed by atoms with van der Waals surface area (Å²) in [5, 5.41) is 20.6. The first kappa shape index (κ1) is 16.7. The second-order valence-corrected chi connectivity index (χ2v) is 4.59. The van der Waals surface area contributed by atoms with E-state index in [0.29, 0.717) is 19.4 Å². The van der Waals surface area contributed by atoms with Crippen LogP contribution in [-0.4, -0.2) is 52.9 Å². The molecule has 18 heavy (non-hydrogen) atoms. The largest absolute Gasteiger partial charge is 0.481 e. The van der Waals surface area contributed by atoms with Gasteiger partial charge in [-0.1, -0.05) is 13.3 Å². The summed E-state index contributed by atoms with van der Waals surface area (Å²) in [6, 6.07) is -0.635. The van der Waals surface area contributed by atoms with Gasteiger partial charge in [0.1, 0.15) is 0 Å². The molecule has 106 valence electrons. The molecule has 0 aromatic rings. The summed E-state index contributed by atoms with van der Waals surface area (Å²) >= 11 is 0. The van der Waals surface area contributed by atoms with Crippen molar-refractivity contribution in [3.05, 3.63) is 0 Å². The molecule has 0 heterocycles. The van der Waals surface area contributed by atoms with E-state index in [2.05, 4.69) is 5.32 Å². The molecule has 2 atom stereocenters. The van der Waals surface area contributed by atoms with Gasteiger partial charge in [0.25, 0.3) is 0 Å².